The van der Waals surface area contributed by atoms with Gasteiger partial charge in [-0.2, -0.15) is 5.10 Å². The van der Waals surface area contributed by atoms with Gasteiger partial charge in [-0.25, -0.2) is 4.98 Å². The van der Waals surface area contributed by atoms with E-state index < -0.39 is 0 Å². The third-order valence-electron chi connectivity index (χ3n) is 3.93. The fourth-order valence-electron chi connectivity index (χ4n) is 3.03. The maximum atomic E-state index is 5.87. The van der Waals surface area contributed by atoms with Crippen LogP contribution in [0.1, 0.15) is 25.7 Å². The first-order valence-corrected chi connectivity index (χ1v) is 6.61. The summed E-state index contributed by atoms with van der Waals surface area (Å²) in [5.41, 5.74) is 0. The lowest BCUT2D eigenvalue weighted by molar-refractivity contribution is -0.0889. The second-order valence-corrected chi connectivity index (χ2v) is 4.96. The molecular weight excluding hydrogens is 216 g/mol. The highest BCUT2D eigenvalue weighted by atomic mass is 16.5. The van der Waals surface area contributed by atoms with Crippen molar-refractivity contribution in [3.63, 3.8) is 0 Å². The minimum Gasteiger partial charge on any atom is -0.375 e. The highest BCUT2D eigenvalue weighted by Crippen LogP contribution is 2.28. The Kier molecular flexibility index (Phi) is 3.38. The average Bonchev–Trinajstić information content (AvgIpc) is 2.89. The number of rotatable bonds is 3. The SMILES string of the molecule is c1ncn(CCN2CCOC3CCCCC32)n1. The third kappa shape index (κ3) is 2.50. The molecule has 1 saturated heterocycles. The van der Waals surface area contributed by atoms with Crippen LogP contribution in [0.4, 0.5) is 0 Å². The van der Waals surface area contributed by atoms with E-state index in [1.165, 1.54) is 25.7 Å². The molecule has 2 unspecified atom stereocenters. The van der Waals surface area contributed by atoms with Crippen molar-refractivity contribution in [1.29, 1.82) is 0 Å². The largest absolute Gasteiger partial charge is 0.375 e. The molecule has 2 atom stereocenters. The summed E-state index contributed by atoms with van der Waals surface area (Å²) >= 11 is 0. The van der Waals surface area contributed by atoms with Crippen LogP contribution in [0.5, 0.6) is 0 Å². The highest BCUT2D eigenvalue weighted by Gasteiger charge is 2.33. The fourth-order valence-corrected chi connectivity index (χ4v) is 3.03. The van der Waals surface area contributed by atoms with Gasteiger partial charge in [-0.05, 0) is 12.8 Å². The van der Waals surface area contributed by atoms with E-state index in [0.29, 0.717) is 12.1 Å². The van der Waals surface area contributed by atoms with Gasteiger partial charge in [0.15, 0.2) is 0 Å². The number of ether oxygens (including phenoxy) is 1. The van der Waals surface area contributed by atoms with Crippen molar-refractivity contribution in [2.24, 2.45) is 0 Å². The van der Waals surface area contributed by atoms with E-state index in [1.54, 1.807) is 12.7 Å². The minimum atomic E-state index is 0.480. The summed E-state index contributed by atoms with van der Waals surface area (Å²) in [5, 5.41) is 4.15. The van der Waals surface area contributed by atoms with E-state index in [2.05, 4.69) is 15.0 Å². The van der Waals surface area contributed by atoms with Crippen LogP contribution < -0.4 is 0 Å². The van der Waals surface area contributed by atoms with Crippen LogP contribution in [0.15, 0.2) is 12.7 Å². The molecule has 0 N–H and O–H groups in total. The smallest absolute Gasteiger partial charge is 0.137 e. The maximum Gasteiger partial charge on any atom is 0.137 e. The van der Waals surface area contributed by atoms with Gasteiger partial charge in [0, 0.05) is 19.1 Å². The van der Waals surface area contributed by atoms with Crippen molar-refractivity contribution < 1.29 is 4.74 Å². The monoisotopic (exact) mass is 236 g/mol. The Labute approximate surface area is 102 Å². The molecule has 0 amide bonds. The average molecular weight is 236 g/mol. The molecular formula is C12H20N4O. The van der Waals surface area contributed by atoms with Gasteiger partial charge in [-0.1, -0.05) is 12.8 Å². The molecule has 1 saturated carbocycles. The molecule has 17 heavy (non-hydrogen) atoms. The molecule has 94 valence electrons. The van der Waals surface area contributed by atoms with Gasteiger partial charge < -0.3 is 4.74 Å². The highest BCUT2D eigenvalue weighted by molar-refractivity contribution is 4.87. The van der Waals surface area contributed by atoms with Crippen LogP contribution in [0.3, 0.4) is 0 Å². The fraction of sp³-hybridized carbons (Fsp3) is 0.833. The Balaban J connectivity index is 1.57. The lowest BCUT2D eigenvalue weighted by Crippen LogP contribution is -2.53. The molecule has 2 aliphatic rings. The predicted octanol–water partition coefficient (Wildman–Crippen LogP) is 0.921. The van der Waals surface area contributed by atoms with Crippen LogP contribution >= 0.6 is 0 Å². The van der Waals surface area contributed by atoms with Gasteiger partial charge in [0.1, 0.15) is 12.7 Å². The van der Waals surface area contributed by atoms with Gasteiger partial charge in [0.05, 0.1) is 19.3 Å². The van der Waals surface area contributed by atoms with E-state index in [1.807, 2.05) is 4.68 Å². The summed E-state index contributed by atoms with van der Waals surface area (Å²) < 4.78 is 7.78. The number of hydrogen-bond acceptors (Lipinski definition) is 4. The molecule has 2 fully saturated rings. The Morgan fingerprint density at radius 1 is 1.24 bits per heavy atom. The van der Waals surface area contributed by atoms with Crippen LogP contribution in [0, 0.1) is 0 Å². The molecule has 1 aromatic heterocycles. The van der Waals surface area contributed by atoms with Crippen LogP contribution in [0.2, 0.25) is 0 Å². The van der Waals surface area contributed by atoms with Gasteiger partial charge in [0.25, 0.3) is 0 Å². The van der Waals surface area contributed by atoms with E-state index in [4.69, 9.17) is 4.74 Å². The molecule has 1 aromatic rings. The van der Waals surface area contributed by atoms with Crippen LogP contribution in [-0.2, 0) is 11.3 Å². The molecule has 5 heteroatoms. The number of fused-ring (bicyclic) bond motifs is 1. The predicted molar refractivity (Wildman–Crippen MR) is 63.6 cm³/mol. The summed E-state index contributed by atoms with van der Waals surface area (Å²) in [6.07, 6.45) is 9.09. The first-order valence-electron chi connectivity index (χ1n) is 6.61. The van der Waals surface area contributed by atoms with E-state index in [0.717, 1.165) is 26.2 Å². The Bertz CT molecular complexity index is 338. The summed E-state index contributed by atoms with van der Waals surface area (Å²) in [4.78, 5) is 6.55. The van der Waals surface area contributed by atoms with Crippen molar-refractivity contribution in [3.05, 3.63) is 12.7 Å². The van der Waals surface area contributed by atoms with E-state index >= 15 is 0 Å². The molecule has 1 aliphatic carbocycles. The third-order valence-corrected chi connectivity index (χ3v) is 3.93. The molecule has 5 nitrogen and oxygen atoms in total. The first-order chi connectivity index (χ1) is 8.43. The standard InChI is InChI=1S/C12H20N4O/c1-2-4-12-11(3-1)15(7-8-17-12)5-6-16-10-13-9-14-16/h9-12H,1-8H2. The van der Waals surface area contributed by atoms with Gasteiger partial charge in [-0.3, -0.25) is 9.58 Å². The zero-order chi connectivity index (χ0) is 11.5. The summed E-state index contributed by atoms with van der Waals surface area (Å²) in [6.45, 7) is 3.95. The minimum absolute atomic E-state index is 0.480. The summed E-state index contributed by atoms with van der Waals surface area (Å²) in [6, 6.07) is 0.640. The topological polar surface area (TPSA) is 43.2 Å². The van der Waals surface area contributed by atoms with Gasteiger partial charge in [-0.15, -0.1) is 0 Å². The lowest BCUT2D eigenvalue weighted by Gasteiger charge is -2.43. The van der Waals surface area contributed by atoms with Crippen LogP contribution in [-0.4, -0.2) is 51.5 Å². The zero-order valence-electron chi connectivity index (χ0n) is 10.2. The Morgan fingerprint density at radius 2 is 2.18 bits per heavy atom. The Hall–Kier alpha value is -0.940. The number of morpholine rings is 1. The van der Waals surface area contributed by atoms with Crippen molar-refractivity contribution in [2.75, 3.05) is 19.7 Å². The summed E-state index contributed by atoms with van der Waals surface area (Å²) in [5.74, 6) is 0. The van der Waals surface area contributed by atoms with Gasteiger partial charge >= 0.3 is 0 Å². The normalized spacial score (nSPS) is 30.1. The first kappa shape index (κ1) is 11.2. The molecule has 0 radical (unpaired) electrons. The number of hydrogen-bond donors (Lipinski definition) is 0. The summed E-state index contributed by atoms with van der Waals surface area (Å²) in [7, 11) is 0. The van der Waals surface area contributed by atoms with Crippen molar-refractivity contribution in [1.82, 2.24) is 19.7 Å². The molecule has 0 spiro atoms. The molecule has 1 aliphatic heterocycles. The van der Waals surface area contributed by atoms with Crippen molar-refractivity contribution in [3.8, 4) is 0 Å². The van der Waals surface area contributed by atoms with E-state index in [9.17, 15) is 0 Å². The van der Waals surface area contributed by atoms with Crippen LogP contribution in [0.25, 0.3) is 0 Å². The maximum absolute atomic E-state index is 5.87. The van der Waals surface area contributed by atoms with E-state index in [-0.39, 0.29) is 0 Å². The van der Waals surface area contributed by atoms with Crippen molar-refractivity contribution in [2.45, 2.75) is 44.4 Å². The van der Waals surface area contributed by atoms with Gasteiger partial charge in [0.2, 0.25) is 0 Å². The second kappa shape index (κ2) is 5.14. The molecule has 0 bridgehead atoms. The lowest BCUT2D eigenvalue weighted by atomic mass is 9.90. The number of aromatic nitrogens is 3. The molecule has 0 aromatic carbocycles. The van der Waals surface area contributed by atoms with Crippen molar-refractivity contribution >= 4 is 0 Å². The number of nitrogens with zero attached hydrogens (tertiary/aromatic N) is 4. The Morgan fingerprint density at radius 3 is 3.06 bits per heavy atom. The quantitative estimate of drug-likeness (QED) is 0.783. The molecule has 3 rings (SSSR count). The second-order valence-electron chi connectivity index (χ2n) is 4.96. The molecule has 2 heterocycles. The zero-order valence-corrected chi connectivity index (χ0v) is 10.2.